The Bertz CT molecular complexity index is 683. The van der Waals surface area contributed by atoms with Gasteiger partial charge in [0.15, 0.2) is 0 Å². The van der Waals surface area contributed by atoms with Gasteiger partial charge in [-0.1, -0.05) is 71.6 Å². The van der Waals surface area contributed by atoms with Crippen LogP contribution in [0.25, 0.3) is 0 Å². The van der Waals surface area contributed by atoms with Crippen LogP contribution < -0.4 is 0 Å². The van der Waals surface area contributed by atoms with Gasteiger partial charge in [-0.15, -0.1) is 10.3 Å². The van der Waals surface area contributed by atoms with Crippen LogP contribution >= 0.6 is 10.3 Å². The molecule has 0 aliphatic rings. The molecule has 0 amide bonds. The number of hydrogen-bond acceptors (Lipinski definition) is 4. The molecule has 1 aromatic rings. The SMILES string of the molecule is CCCCCCC(=O)CS(OS(=O)(=O)c1ccc(C)cc1)(C(C)C)C(C)C. The molecule has 0 aliphatic carbocycles. The molecule has 0 N–H and O–H groups in total. The first-order chi connectivity index (χ1) is 12.5. The van der Waals surface area contributed by atoms with E-state index >= 15 is 0 Å². The van der Waals surface area contributed by atoms with E-state index < -0.39 is 20.4 Å². The zero-order valence-corrected chi connectivity index (χ0v) is 19.3. The minimum Gasteiger partial charge on any atom is -0.299 e. The van der Waals surface area contributed by atoms with Crippen LogP contribution in [0.3, 0.4) is 0 Å². The van der Waals surface area contributed by atoms with Gasteiger partial charge in [-0.2, -0.15) is 8.42 Å². The summed E-state index contributed by atoms with van der Waals surface area (Å²) in [5.74, 6) is 0.321. The minimum absolute atomic E-state index is 0.0303. The molecule has 0 atom stereocenters. The Morgan fingerprint density at radius 2 is 1.52 bits per heavy atom. The zero-order valence-electron chi connectivity index (χ0n) is 17.7. The Labute approximate surface area is 167 Å². The second-order valence-electron chi connectivity index (χ2n) is 7.71. The Balaban J connectivity index is 3.05. The van der Waals surface area contributed by atoms with Crippen molar-refractivity contribution >= 4 is 26.2 Å². The van der Waals surface area contributed by atoms with Gasteiger partial charge in [0, 0.05) is 16.9 Å². The third-order valence-electron chi connectivity index (χ3n) is 4.82. The van der Waals surface area contributed by atoms with Gasteiger partial charge in [-0.05, 0) is 25.5 Å². The maximum Gasteiger partial charge on any atom is 0.306 e. The molecule has 0 saturated carbocycles. The summed E-state index contributed by atoms with van der Waals surface area (Å²) in [6.45, 7) is 11.9. The summed E-state index contributed by atoms with van der Waals surface area (Å²) in [4.78, 5) is 12.8. The first-order valence-corrected chi connectivity index (χ1v) is 13.1. The number of rotatable bonds is 12. The smallest absolute Gasteiger partial charge is 0.299 e. The molecule has 0 heterocycles. The predicted octanol–water partition coefficient (Wildman–Crippen LogP) is 5.78. The van der Waals surface area contributed by atoms with Crippen LogP contribution in [0.2, 0.25) is 0 Å². The largest absolute Gasteiger partial charge is 0.306 e. The summed E-state index contributed by atoms with van der Waals surface area (Å²) in [5, 5.41) is -0.0605. The third kappa shape index (κ3) is 6.91. The average Bonchev–Trinajstić information content (AvgIpc) is 2.58. The summed E-state index contributed by atoms with van der Waals surface area (Å²) in [5.41, 5.74) is 0.988. The van der Waals surface area contributed by atoms with E-state index in [0.29, 0.717) is 6.42 Å². The van der Waals surface area contributed by atoms with Crippen molar-refractivity contribution in [2.75, 3.05) is 5.75 Å². The van der Waals surface area contributed by atoms with Crippen LogP contribution in [0.1, 0.15) is 72.3 Å². The number of Topliss-reactive ketones (excluding diaryl/α,β-unsaturated/α-hetero) is 1. The highest BCUT2D eigenvalue weighted by Crippen LogP contribution is 2.59. The number of carbonyl (C=O) groups is 1. The molecule has 0 bridgehead atoms. The topological polar surface area (TPSA) is 60.4 Å². The fourth-order valence-corrected chi connectivity index (χ4v) is 9.01. The fraction of sp³-hybridized carbons (Fsp3) is 0.667. The highest BCUT2D eigenvalue weighted by molar-refractivity contribution is 8.34. The van der Waals surface area contributed by atoms with Gasteiger partial charge in [0.2, 0.25) is 0 Å². The van der Waals surface area contributed by atoms with Crippen LogP contribution in [0.5, 0.6) is 0 Å². The van der Waals surface area contributed by atoms with Gasteiger partial charge in [-0.3, -0.25) is 4.79 Å². The number of aryl methyl sites for hydroxylation is 1. The Morgan fingerprint density at radius 1 is 0.963 bits per heavy atom. The highest BCUT2D eigenvalue weighted by atomic mass is 32.3. The maximum atomic E-state index is 12.9. The van der Waals surface area contributed by atoms with E-state index in [-0.39, 0.29) is 26.9 Å². The molecular formula is C21H36O4S2. The lowest BCUT2D eigenvalue weighted by atomic mass is 10.1. The quantitative estimate of drug-likeness (QED) is 0.405. The van der Waals surface area contributed by atoms with Gasteiger partial charge in [-0.25, -0.2) is 3.63 Å². The van der Waals surface area contributed by atoms with Gasteiger partial charge in [0.05, 0.1) is 10.6 Å². The average molecular weight is 417 g/mol. The van der Waals surface area contributed by atoms with E-state index in [1.165, 1.54) is 0 Å². The van der Waals surface area contributed by atoms with Crippen molar-refractivity contribution in [2.45, 2.75) is 89.0 Å². The lowest BCUT2D eigenvalue weighted by Gasteiger charge is -2.45. The summed E-state index contributed by atoms with van der Waals surface area (Å²) in [6, 6.07) is 6.66. The van der Waals surface area contributed by atoms with Gasteiger partial charge in [0.1, 0.15) is 5.78 Å². The molecule has 4 nitrogen and oxygen atoms in total. The van der Waals surface area contributed by atoms with Crippen molar-refractivity contribution in [3.63, 3.8) is 0 Å². The van der Waals surface area contributed by atoms with Crippen molar-refractivity contribution in [3.05, 3.63) is 29.8 Å². The van der Waals surface area contributed by atoms with Crippen molar-refractivity contribution in [1.82, 2.24) is 0 Å². The molecule has 0 aliphatic heterocycles. The summed E-state index contributed by atoms with van der Waals surface area (Å²) in [7, 11) is -6.04. The second kappa shape index (κ2) is 10.6. The predicted molar refractivity (Wildman–Crippen MR) is 116 cm³/mol. The molecule has 0 fully saturated rings. The Kier molecular flexibility index (Phi) is 9.52. The van der Waals surface area contributed by atoms with Crippen LogP contribution in [0.4, 0.5) is 0 Å². The minimum atomic E-state index is -3.91. The van der Waals surface area contributed by atoms with Gasteiger partial charge in [0.25, 0.3) is 0 Å². The standard InChI is InChI=1S/C21H36O4S2/c1-7-8-9-10-11-20(22)16-26(17(2)3,18(4)5)25-27(23,24)21-14-12-19(6)13-15-21/h12-15,17-18H,7-11,16H2,1-6H3. The molecule has 27 heavy (non-hydrogen) atoms. The zero-order chi connectivity index (χ0) is 20.7. The molecule has 1 rings (SSSR count). The molecule has 0 unspecified atom stereocenters. The first-order valence-electron chi connectivity index (χ1n) is 9.88. The maximum absolute atomic E-state index is 12.9. The second-order valence-corrected chi connectivity index (χ2v) is 13.4. The molecule has 0 aromatic heterocycles. The molecule has 0 spiro atoms. The number of benzene rings is 1. The number of unbranched alkanes of at least 4 members (excludes halogenated alkanes) is 3. The summed E-state index contributed by atoms with van der Waals surface area (Å²) < 4.78 is 31.8. The van der Waals surface area contributed by atoms with Crippen molar-refractivity contribution in [1.29, 1.82) is 0 Å². The molecular weight excluding hydrogens is 380 g/mol. The molecule has 6 heteroatoms. The lowest BCUT2D eigenvalue weighted by Crippen LogP contribution is -2.32. The van der Waals surface area contributed by atoms with E-state index in [0.717, 1.165) is 31.2 Å². The summed E-state index contributed by atoms with van der Waals surface area (Å²) in [6.07, 6.45) is 4.65. The Hall–Kier alpha value is -0.850. The van der Waals surface area contributed by atoms with Crippen LogP contribution in [0, 0.1) is 6.92 Å². The van der Waals surface area contributed by atoms with Crippen LogP contribution in [-0.4, -0.2) is 30.5 Å². The van der Waals surface area contributed by atoms with Crippen molar-refractivity contribution in [2.24, 2.45) is 0 Å². The molecule has 156 valence electrons. The van der Waals surface area contributed by atoms with E-state index in [9.17, 15) is 13.2 Å². The highest BCUT2D eigenvalue weighted by Gasteiger charge is 2.39. The van der Waals surface area contributed by atoms with Gasteiger partial charge < -0.3 is 0 Å². The summed E-state index contributed by atoms with van der Waals surface area (Å²) >= 11 is 0. The van der Waals surface area contributed by atoms with E-state index in [2.05, 4.69) is 6.92 Å². The van der Waals surface area contributed by atoms with E-state index in [1.807, 2.05) is 34.6 Å². The molecule has 0 saturated heterocycles. The van der Waals surface area contributed by atoms with Crippen LogP contribution in [-0.2, 0) is 18.5 Å². The fourth-order valence-electron chi connectivity index (χ4n) is 3.04. The van der Waals surface area contributed by atoms with E-state index in [1.54, 1.807) is 24.3 Å². The number of ketones is 1. The Morgan fingerprint density at radius 3 is 2.00 bits per heavy atom. The van der Waals surface area contributed by atoms with E-state index in [4.69, 9.17) is 3.63 Å². The van der Waals surface area contributed by atoms with Crippen molar-refractivity contribution < 1.29 is 16.8 Å². The first kappa shape index (κ1) is 24.2. The molecule has 0 radical (unpaired) electrons. The van der Waals surface area contributed by atoms with Gasteiger partial charge >= 0.3 is 10.1 Å². The normalized spacial score (nSPS) is 13.3. The monoisotopic (exact) mass is 416 g/mol. The molecule has 1 aromatic carbocycles. The van der Waals surface area contributed by atoms with Crippen molar-refractivity contribution in [3.8, 4) is 0 Å². The number of hydrogen-bond donors (Lipinski definition) is 0. The van der Waals surface area contributed by atoms with Crippen LogP contribution in [0.15, 0.2) is 29.2 Å². The third-order valence-corrected chi connectivity index (χ3v) is 11.4. The lowest BCUT2D eigenvalue weighted by molar-refractivity contribution is -0.116. The number of carbonyl (C=O) groups excluding carboxylic acids is 1.